The van der Waals surface area contributed by atoms with Crippen molar-refractivity contribution in [3.8, 4) is 0 Å². The van der Waals surface area contributed by atoms with Crippen LogP contribution in [0.5, 0.6) is 0 Å². The SMILES string of the molecule is CCc1cccc(C)c1[N+]1=CC(CC)(c2cccs2)CC1(C)C. The van der Waals surface area contributed by atoms with Crippen LogP contribution in [0.4, 0.5) is 5.69 Å². The maximum atomic E-state index is 2.57. The molecule has 1 unspecified atom stereocenters. The molecule has 0 saturated heterocycles. The molecule has 0 radical (unpaired) electrons. The number of thiophene rings is 1. The van der Waals surface area contributed by atoms with E-state index in [1.807, 2.05) is 11.3 Å². The summed E-state index contributed by atoms with van der Waals surface area (Å²) in [4.78, 5) is 1.50. The molecule has 1 atom stereocenters. The van der Waals surface area contributed by atoms with Gasteiger partial charge in [-0.05, 0) is 31.2 Å². The van der Waals surface area contributed by atoms with E-state index in [0.29, 0.717) is 0 Å². The molecule has 1 aliphatic rings. The van der Waals surface area contributed by atoms with Gasteiger partial charge in [-0.1, -0.05) is 38.1 Å². The normalized spacial score (nSPS) is 23.1. The van der Waals surface area contributed by atoms with E-state index in [1.165, 1.54) is 28.1 Å². The number of rotatable bonds is 4. The first-order valence-electron chi connectivity index (χ1n) is 8.71. The van der Waals surface area contributed by atoms with Crippen molar-refractivity contribution in [2.75, 3.05) is 0 Å². The highest BCUT2D eigenvalue weighted by molar-refractivity contribution is 7.10. The number of hydrogen-bond donors (Lipinski definition) is 0. The quantitative estimate of drug-likeness (QED) is 0.619. The van der Waals surface area contributed by atoms with E-state index in [4.69, 9.17) is 0 Å². The first-order valence-corrected chi connectivity index (χ1v) is 9.59. The van der Waals surface area contributed by atoms with Crippen LogP contribution in [0.15, 0.2) is 35.7 Å². The van der Waals surface area contributed by atoms with Gasteiger partial charge in [-0.2, -0.15) is 4.58 Å². The topological polar surface area (TPSA) is 3.01 Å². The lowest BCUT2D eigenvalue weighted by Crippen LogP contribution is -2.31. The second-order valence-electron chi connectivity index (χ2n) is 7.41. The van der Waals surface area contributed by atoms with Crippen LogP contribution in [-0.2, 0) is 11.8 Å². The molecule has 1 aliphatic heterocycles. The Labute approximate surface area is 144 Å². The van der Waals surface area contributed by atoms with Crippen LogP contribution < -0.4 is 0 Å². The summed E-state index contributed by atoms with van der Waals surface area (Å²) in [6.45, 7) is 11.6. The Bertz CT molecular complexity index is 724. The van der Waals surface area contributed by atoms with E-state index in [2.05, 4.69) is 81.1 Å². The van der Waals surface area contributed by atoms with Crippen molar-refractivity contribution >= 4 is 23.2 Å². The van der Waals surface area contributed by atoms with Crippen LogP contribution in [-0.4, -0.2) is 16.3 Å². The van der Waals surface area contributed by atoms with Gasteiger partial charge in [0.1, 0.15) is 0 Å². The van der Waals surface area contributed by atoms with Crippen molar-refractivity contribution in [2.45, 2.75) is 64.8 Å². The number of nitrogens with zero attached hydrogens (tertiary/aromatic N) is 1. The van der Waals surface area contributed by atoms with Gasteiger partial charge in [0, 0.05) is 36.3 Å². The third-order valence-corrected chi connectivity index (χ3v) is 6.45. The van der Waals surface area contributed by atoms with Crippen LogP contribution in [0.3, 0.4) is 0 Å². The van der Waals surface area contributed by atoms with Gasteiger partial charge in [-0.25, -0.2) is 0 Å². The van der Waals surface area contributed by atoms with Gasteiger partial charge in [-0.3, -0.25) is 0 Å². The molecule has 0 bridgehead atoms. The fourth-order valence-electron chi connectivity index (χ4n) is 4.14. The van der Waals surface area contributed by atoms with Crippen molar-refractivity contribution in [3.05, 3.63) is 51.7 Å². The second-order valence-corrected chi connectivity index (χ2v) is 8.36. The third kappa shape index (κ3) is 2.67. The molecule has 2 aromatic rings. The van der Waals surface area contributed by atoms with Crippen LogP contribution in [0.1, 0.15) is 56.5 Å². The summed E-state index contributed by atoms with van der Waals surface area (Å²) in [6, 6.07) is 11.2. The summed E-state index contributed by atoms with van der Waals surface area (Å²) < 4.78 is 2.57. The van der Waals surface area contributed by atoms with Crippen molar-refractivity contribution in [3.63, 3.8) is 0 Å². The standard InChI is InChI=1S/C21H28NS/c1-6-17-11-8-10-16(3)19(17)22-15-21(7-2,14-20(22,4)5)18-12-9-13-23-18/h8-13,15H,6-7,14H2,1-5H3/q+1. The van der Waals surface area contributed by atoms with E-state index < -0.39 is 0 Å². The van der Waals surface area contributed by atoms with Crippen molar-refractivity contribution in [1.82, 2.24) is 0 Å². The zero-order valence-corrected chi connectivity index (χ0v) is 15.8. The van der Waals surface area contributed by atoms with Gasteiger partial charge in [-0.15, -0.1) is 11.3 Å². The monoisotopic (exact) mass is 326 g/mol. The van der Waals surface area contributed by atoms with Crippen LogP contribution in [0.2, 0.25) is 0 Å². The van der Waals surface area contributed by atoms with Gasteiger partial charge in [0.25, 0.3) is 0 Å². The summed E-state index contributed by atoms with van der Waals surface area (Å²) in [7, 11) is 0. The van der Waals surface area contributed by atoms with Crippen LogP contribution >= 0.6 is 11.3 Å². The predicted octanol–water partition coefficient (Wildman–Crippen LogP) is 5.86. The molecule has 3 rings (SSSR count). The van der Waals surface area contributed by atoms with Gasteiger partial charge >= 0.3 is 0 Å². The Balaban J connectivity index is 2.20. The molecule has 0 fully saturated rings. The largest absolute Gasteiger partial charge is 0.211 e. The molecule has 0 amide bonds. The first-order chi connectivity index (χ1) is 10.9. The Morgan fingerprint density at radius 2 is 1.91 bits per heavy atom. The first kappa shape index (κ1) is 16.4. The Kier molecular flexibility index (Phi) is 4.22. The highest BCUT2D eigenvalue weighted by Gasteiger charge is 2.52. The number of aryl methyl sites for hydroxylation is 2. The maximum absolute atomic E-state index is 2.57. The predicted molar refractivity (Wildman–Crippen MR) is 102 cm³/mol. The van der Waals surface area contributed by atoms with Gasteiger partial charge in [0.2, 0.25) is 5.69 Å². The van der Waals surface area contributed by atoms with Gasteiger partial charge in [0.05, 0.1) is 5.41 Å². The zero-order chi connectivity index (χ0) is 16.7. The molecule has 2 heterocycles. The molecule has 0 spiro atoms. The molecule has 0 aliphatic carbocycles. The molecule has 0 saturated carbocycles. The summed E-state index contributed by atoms with van der Waals surface area (Å²) in [6.07, 6.45) is 5.94. The van der Waals surface area contributed by atoms with Crippen molar-refractivity contribution in [1.29, 1.82) is 0 Å². The third-order valence-electron chi connectivity index (χ3n) is 5.36. The highest BCUT2D eigenvalue weighted by atomic mass is 32.1. The van der Waals surface area contributed by atoms with E-state index in [1.54, 1.807) is 0 Å². The van der Waals surface area contributed by atoms with E-state index in [9.17, 15) is 0 Å². The Morgan fingerprint density at radius 3 is 2.52 bits per heavy atom. The van der Waals surface area contributed by atoms with Crippen LogP contribution in [0, 0.1) is 6.92 Å². The molecule has 0 N–H and O–H groups in total. The fraction of sp³-hybridized carbons (Fsp3) is 0.476. The van der Waals surface area contributed by atoms with E-state index >= 15 is 0 Å². The lowest BCUT2D eigenvalue weighted by molar-refractivity contribution is -0.512. The average Bonchev–Trinajstić information content (AvgIpc) is 3.14. The number of hydrogen-bond acceptors (Lipinski definition) is 1. The lowest BCUT2D eigenvalue weighted by atomic mass is 9.78. The van der Waals surface area contributed by atoms with Gasteiger partial charge in [0.15, 0.2) is 11.8 Å². The van der Waals surface area contributed by atoms with E-state index in [-0.39, 0.29) is 11.0 Å². The Hall–Kier alpha value is -1.41. The number of para-hydroxylation sites is 1. The maximum Gasteiger partial charge on any atom is 0.211 e. The van der Waals surface area contributed by atoms with E-state index in [0.717, 1.165) is 12.8 Å². The minimum atomic E-state index is 0.135. The highest BCUT2D eigenvalue weighted by Crippen LogP contribution is 2.46. The molecule has 122 valence electrons. The van der Waals surface area contributed by atoms with Crippen molar-refractivity contribution < 1.29 is 4.58 Å². The summed E-state index contributed by atoms with van der Waals surface area (Å²) in [5.74, 6) is 0. The molecule has 23 heavy (non-hydrogen) atoms. The lowest BCUT2D eigenvalue weighted by Gasteiger charge is -2.24. The fourth-order valence-corrected chi connectivity index (χ4v) is 5.11. The smallest absolute Gasteiger partial charge is 0.196 e. The van der Waals surface area contributed by atoms with Crippen LogP contribution in [0.25, 0.3) is 0 Å². The summed E-state index contributed by atoms with van der Waals surface area (Å²) in [5.41, 5.74) is 4.56. The zero-order valence-electron chi connectivity index (χ0n) is 15.0. The molecule has 1 aromatic carbocycles. The number of benzene rings is 1. The molecular formula is C21H28NS+. The summed E-state index contributed by atoms with van der Waals surface area (Å²) >= 11 is 1.90. The van der Waals surface area contributed by atoms with Gasteiger partial charge < -0.3 is 0 Å². The second kappa shape index (κ2) is 5.90. The minimum absolute atomic E-state index is 0.135. The molecular weight excluding hydrogens is 298 g/mol. The van der Waals surface area contributed by atoms with Crippen molar-refractivity contribution in [2.24, 2.45) is 0 Å². The molecule has 1 nitrogen and oxygen atoms in total. The Morgan fingerprint density at radius 1 is 1.13 bits per heavy atom. The summed E-state index contributed by atoms with van der Waals surface area (Å²) in [5, 5.41) is 2.21. The molecule has 1 aromatic heterocycles. The average molecular weight is 327 g/mol. The minimum Gasteiger partial charge on any atom is -0.196 e. The molecule has 2 heteroatoms.